The third-order valence-electron chi connectivity index (χ3n) is 4.26. The zero-order valence-corrected chi connectivity index (χ0v) is 14.6. The Morgan fingerprint density at radius 3 is 2.96 bits per heavy atom. The fourth-order valence-electron chi connectivity index (χ4n) is 3.05. The van der Waals surface area contributed by atoms with E-state index in [1.807, 2.05) is 29.2 Å². The SMILES string of the molecule is COc1cc(C2SCCC(=O)N2Cc2ccncc2)cc2c1OCO2. The summed E-state index contributed by atoms with van der Waals surface area (Å²) >= 11 is 1.75. The van der Waals surface area contributed by atoms with Crippen LogP contribution in [-0.2, 0) is 11.3 Å². The van der Waals surface area contributed by atoms with E-state index >= 15 is 0 Å². The summed E-state index contributed by atoms with van der Waals surface area (Å²) < 4.78 is 16.4. The second kappa shape index (κ2) is 6.84. The number of methoxy groups -OCH3 is 1. The number of nitrogens with zero attached hydrogens (tertiary/aromatic N) is 2. The number of amides is 1. The number of hydrogen-bond acceptors (Lipinski definition) is 6. The zero-order valence-electron chi connectivity index (χ0n) is 13.8. The average molecular weight is 358 g/mol. The molecule has 1 unspecified atom stereocenters. The van der Waals surface area contributed by atoms with Crippen LogP contribution in [0.15, 0.2) is 36.7 Å². The molecule has 0 radical (unpaired) electrons. The molecule has 0 saturated carbocycles. The van der Waals surface area contributed by atoms with E-state index < -0.39 is 0 Å². The third kappa shape index (κ3) is 3.11. The van der Waals surface area contributed by atoms with E-state index in [4.69, 9.17) is 14.2 Å². The van der Waals surface area contributed by atoms with Gasteiger partial charge >= 0.3 is 0 Å². The highest BCUT2D eigenvalue weighted by atomic mass is 32.2. The van der Waals surface area contributed by atoms with Crippen LogP contribution < -0.4 is 14.2 Å². The topological polar surface area (TPSA) is 60.9 Å². The van der Waals surface area contributed by atoms with Crippen LogP contribution in [0.2, 0.25) is 0 Å². The first-order valence-electron chi connectivity index (χ1n) is 8.04. The summed E-state index contributed by atoms with van der Waals surface area (Å²) in [5.74, 6) is 2.87. The van der Waals surface area contributed by atoms with Crippen LogP contribution >= 0.6 is 11.8 Å². The third-order valence-corrected chi connectivity index (χ3v) is 5.55. The first-order valence-corrected chi connectivity index (χ1v) is 9.08. The van der Waals surface area contributed by atoms with Gasteiger partial charge in [0.2, 0.25) is 18.4 Å². The molecule has 0 N–H and O–H groups in total. The van der Waals surface area contributed by atoms with Gasteiger partial charge in [0.25, 0.3) is 0 Å². The highest BCUT2D eigenvalue weighted by Gasteiger charge is 2.32. The Kier molecular flexibility index (Phi) is 4.40. The maximum absolute atomic E-state index is 12.6. The molecule has 1 amide bonds. The van der Waals surface area contributed by atoms with Gasteiger partial charge in [-0.2, -0.15) is 0 Å². The number of benzene rings is 1. The van der Waals surface area contributed by atoms with Crippen LogP contribution in [0.1, 0.15) is 22.9 Å². The molecule has 25 heavy (non-hydrogen) atoms. The molecule has 0 bridgehead atoms. The lowest BCUT2D eigenvalue weighted by atomic mass is 10.1. The van der Waals surface area contributed by atoms with E-state index in [2.05, 4.69) is 4.98 Å². The molecule has 0 aliphatic carbocycles. The lowest BCUT2D eigenvalue weighted by Crippen LogP contribution is -2.36. The van der Waals surface area contributed by atoms with Gasteiger partial charge in [-0.05, 0) is 35.4 Å². The molecule has 2 aliphatic heterocycles. The number of aromatic nitrogens is 1. The lowest BCUT2D eigenvalue weighted by molar-refractivity contribution is -0.132. The number of thioether (sulfide) groups is 1. The molecule has 1 fully saturated rings. The summed E-state index contributed by atoms with van der Waals surface area (Å²) in [5, 5.41) is -0.0854. The Hall–Kier alpha value is -2.41. The quantitative estimate of drug-likeness (QED) is 0.837. The summed E-state index contributed by atoms with van der Waals surface area (Å²) in [7, 11) is 1.61. The number of pyridine rings is 1. The van der Waals surface area contributed by atoms with Gasteiger partial charge in [-0.15, -0.1) is 11.8 Å². The van der Waals surface area contributed by atoms with Crippen molar-refractivity contribution in [2.24, 2.45) is 0 Å². The molecule has 2 aromatic rings. The number of fused-ring (bicyclic) bond motifs is 1. The van der Waals surface area contributed by atoms with Crippen LogP contribution in [0.4, 0.5) is 0 Å². The smallest absolute Gasteiger partial charge is 0.231 e. The largest absolute Gasteiger partial charge is 0.493 e. The molecule has 1 atom stereocenters. The Morgan fingerprint density at radius 1 is 1.32 bits per heavy atom. The van der Waals surface area contributed by atoms with Crippen molar-refractivity contribution in [3.8, 4) is 17.2 Å². The lowest BCUT2D eigenvalue weighted by Gasteiger charge is -2.35. The number of rotatable bonds is 4. The van der Waals surface area contributed by atoms with Gasteiger partial charge in [0.15, 0.2) is 11.5 Å². The van der Waals surface area contributed by atoms with Gasteiger partial charge in [0, 0.05) is 31.1 Å². The van der Waals surface area contributed by atoms with Crippen LogP contribution in [0.5, 0.6) is 17.2 Å². The first kappa shape index (κ1) is 16.1. The van der Waals surface area contributed by atoms with Gasteiger partial charge in [-0.1, -0.05) is 0 Å². The van der Waals surface area contributed by atoms with E-state index in [1.165, 1.54) is 0 Å². The fraction of sp³-hybridized carbons (Fsp3) is 0.333. The second-order valence-corrected chi connectivity index (χ2v) is 7.00. The van der Waals surface area contributed by atoms with Crippen molar-refractivity contribution in [1.82, 2.24) is 9.88 Å². The molecular weight excluding hydrogens is 340 g/mol. The number of ether oxygens (including phenoxy) is 3. The molecule has 1 saturated heterocycles. The Bertz CT molecular complexity index is 784. The number of carbonyl (C=O) groups is 1. The van der Waals surface area contributed by atoms with Crippen molar-refractivity contribution in [1.29, 1.82) is 0 Å². The van der Waals surface area contributed by atoms with Gasteiger partial charge < -0.3 is 19.1 Å². The van der Waals surface area contributed by atoms with E-state index in [9.17, 15) is 4.79 Å². The zero-order chi connectivity index (χ0) is 17.2. The Labute approximate surface area is 150 Å². The predicted octanol–water partition coefficient (Wildman–Crippen LogP) is 2.98. The molecule has 2 aliphatic rings. The van der Waals surface area contributed by atoms with Crippen molar-refractivity contribution in [2.45, 2.75) is 18.3 Å². The summed E-state index contributed by atoms with van der Waals surface area (Å²) in [6.07, 6.45) is 4.04. The van der Waals surface area contributed by atoms with Crippen LogP contribution in [-0.4, -0.2) is 35.4 Å². The first-order chi connectivity index (χ1) is 12.3. The molecule has 7 heteroatoms. The van der Waals surface area contributed by atoms with Gasteiger partial charge in [0.1, 0.15) is 5.37 Å². The molecule has 6 nitrogen and oxygen atoms in total. The predicted molar refractivity (Wildman–Crippen MR) is 93.7 cm³/mol. The van der Waals surface area contributed by atoms with Gasteiger partial charge in [-0.25, -0.2) is 0 Å². The molecular formula is C18H18N2O4S. The average Bonchev–Trinajstić information content (AvgIpc) is 3.12. The fourth-order valence-corrected chi connectivity index (χ4v) is 4.26. The van der Waals surface area contributed by atoms with E-state index in [0.717, 1.165) is 16.9 Å². The van der Waals surface area contributed by atoms with Crippen LogP contribution in [0, 0.1) is 0 Å². The van der Waals surface area contributed by atoms with Crippen molar-refractivity contribution in [3.63, 3.8) is 0 Å². The standard InChI is InChI=1S/C18H18N2O4S/c1-22-14-8-13(9-15-17(14)24-11-23-15)18-20(16(21)4-7-25-18)10-12-2-5-19-6-3-12/h2-3,5-6,8-9,18H,4,7,10-11H2,1H3. The van der Waals surface area contributed by atoms with Gasteiger partial charge in [-0.3, -0.25) is 9.78 Å². The minimum atomic E-state index is -0.0854. The summed E-state index contributed by atoms with van der Waals surface area (Å²) in [5.41, 5.74) is 2.04. The van der Waals surface area contributed by atoms with Gasteiger partial charge in [0.05, 0.1) is 7.11 Å². The molecule has 0 spiro atoms. The molecule has 1 aromatic heterocycles. The minimum absolute atomic E-state index is 0.0854. The Morgan fingerprint density at radius 2 is 2.16 bits per heavy atom. The van der Waals surface area contributed by atoms with Crippen molar-refractivity contribution >= 4 is 17.7 Å². The minimum Gasteiger partial charge on any atom is -0.493 e. The summed E-state index contributed by atoms with van der Waals surface area (Å²) in [6.45, 7) is 0.738. The van der Waals surface area contributed by atoms with Crippen molar-refractivity contribution in [3.05, 3.63) is 47.8 Å². The molecule has 3 heterocycles. The summed E-state index contributed by atoms with van der Waals surface area (Å²) in [6, 6.07) is 7.75. The monoisotopic (exact) mass is 358 g/mol. The summed E-state index contributed by atoms with van der Waals surface area (Å²) in [4.78, 5) is 18.5. The number of carbonyl (C=O) groups excluding carboxylic acids is 1. The Balaban J connectivity index is 1.68. The van der Waals surface area contributed by atoms with E-state index in [-0.39, 0.29) is 18.1 Å². The maximum atomic E-state index is 12.6. The molecule has 130 valence electrons. The highest BCUT2D eigenvalue weighted by molar-refractivity contribution is 7.99. The van der Waals surface area contributed by atoms with E-state index in [0.29, 0.717) is 30.2 Å². The van der Waals surface area contributed by atoms with Crippen LogP contribution in [0.3, 0.4) is 0 Å². The number of hydrogen-bond donors (Lipinski definition) is 0. The van der Waals surface area contributed by atoms with Crippen molar-refractivity contribution < 1.29 is 19.0 Å². The molecule has 4 rings (SSSR count). The molecule has 1 aromatic carbocycles. The maximum Gasteiger partial charge on any atom is 0.231 e. The normalized spacial score (nSPS) is 19.2. The second-order valence-electron chi connectivity index (χ2n) is 5.81. The van der Waals surface area contributed by atoms with E-state index in [1.54, 1.807) is 31.3 Å². The van der Waals surface area contributed by atoms with Crippen molar-refractivity contribution in [2.75, 3.05) is 19.7 Å². The van der Waals surface area contributed by atoms with Crippen LogP contribution in [0.25, 0.3) is 0 Å². The highest BCUT2D eigenvalue weighted by Crippen LogP contribution is 2.47.